The maximum Gasteiger partial charge on any atom is 0.254 e. The van der Waals surface area contributed by atoms with Gasteiger partial charge in [0, 0.05) is 37.3 Å². The first-order chi connectivity index (χ1) is 17.7. The molecule has 0 saturated carbocycles. The van der Waals surface area contributed by atoms with Crippen LogP contribution in [0.25, 0.3) is 28.0 Å². The smallest absolute Gasteiger partial charge is 0.254 e. The number of hydrogen-bond acceptors (Lipinski definition) is 6. The number of fused-ring (bicyclic) bond motifs is 1. The Morgan fingerprint density at radius 3 is 2.58 bits per heavy atom. The molecule has 6 rings (SSSR count). The number of rotatable bonds is 6. The average Bonchev–Trinajstić information content (AvgIpc) is 3.60. The first kappa shape index (κ1) is 22.9. The summed E-state index contributed by atoms with van der Waals surface area (Å²) in [6.07, 6.45) is 6.42. The minimum atomic E-state index is 0.0275. The first-order valence-electron chi connectivity index (χ1n) is 12.7. The first-order valence-corrected chi connectivity index (χ1v) is 12.7. The molecule has 0 unspecified atom stereocenters. The minimum Gasteiger partial charge on any atom is -0.381 e. The van der Waals surface area contributed by atoms with Crippen LogP contribution in [-0.2, 0) is 15.9 Å². The van der Waals surface area contributed by atoms with Crippen molar-refractivity contribution >= 4 is 16.8 Å². The van der Waals surface area contributed by atoms with Crippen LogP contribution in [0.15, 0.2) is 48.7 Å². The molecule has 2 fully saturated rings. The number of nitrogens with zero attached hydrogens (tertiary/aromatic N) is 5. The Morgan fingerprint density at radius 2 is 1.78 bits per heavy atom. The van der Waals surface area contributed by atoms with Crippen LogP contribution in [0.2, 0.25) is 0 Å². The Kier molecular flexibility index (Phi) is 6.48. The van der Waals surface area contributed by atoms with Gasteiger partial charge in [0.05, 0.1) is 30.6 Å². The van der Waals surface area contributed by atoms with Crippen molar-refractivity contribution in [1.29, 1.82) is 0 Å². The van der Waals surface area contributed by atoms with Gasteiger partial charge >= 0.3 is 0 Å². The van der Waals surface area contributed by atoms with E-state index in [0.717, 1.165) is 60.7 Å². The lowest BCUT2D eigenvalue weighted by Gasteiger charge is -2.26. The molecule has 9 heteroatoms. The van der Waals surface area contributed by atoms with Gasteiger partial charge in [0.25, 0.3) is 5.91 Å². The zero-order valence-corrected chi connectivity index (χ0v) is 20.2. The second kappa shape index (κ2) is 10.2. The molecular weight excluding hydrogens is 456 g/mol. The van der Waals surface area contributed by atoms with Gasteiger partial charge in [-0.15, -0.1) is 5.10 Å². The van der Waals surface area contributed by atoms with Gasteiger partial charge in [-0.25, -0.2) is 4.68 Å². The summed E-state index contributed by atoms with van der Waals surface area (Å²) in [6, 6.07) is 14.0. The minimum absolute atomic E-state index is 0.0275. The molecule has 0 atom stereocenters. The molecule has 1 N–H and O–H groups in total. The zero-order valence-electron chi connectivity index (χ0n) is 20.2. The highest BCUT2D eigenvalue weighted by Gasteiger charge is 2.19. The SMILES string of the molecule is O=C(c1ccc(-n2cc(-c3n[nH]c4ccc(CCC5CCOCC5)cc34)nn2)cc1)N1CCOCC1. The van der Waals surface area contributed by atoms with Crippen molar-refractivity contribution in [3.8, 4) is 17.1 Å². The van der Waals surface area contributed by atoms with Crippen molar-refractivity contribution < 1.29 is 14.3 Å². The molecule has 2 aliphatic heterocycles. The van der Waals surface area contributed by atoms with E-state index in [1.807, 2.05) is 35.4 Å². The van der Waals surface area contributed by atoms with E-state index in [9.17, 15) is 4.79 Å². The molecule has 0 radical (unpaired) electrons. The molecular formula is C27H30N6O3. The van der Waals surface area contributed by atoms with Crippen molar-refractivity contribution in [2.45, 2.75) is 25.7 Å². The quantitative estimate of drug-likeness (QED) is 0.447. The molecule has 4 heterocycles. The van der Waals surface area contributed by atoms with E-state index in [0.29, 0.717) is 37.6 Å². The summed E-state index contributed by atoms with van der Waals surface area (Å²) in [5.74, 6) is 0.772. The van der Waals surface area contributed by atoms with Crippen molar-refractivity contribution in [3.63, 3.8) is 0 Å². The summed E-state index contributed by atoms with van der Waals surface area (Å²) in [7, 11) is 0. The van der Waals surface area contributed by atoms with Crippen LogP contribution in [0.4, 0.5) is 0 Å². The standard InChI is InChI=1S/C27H30N6O3/c34-27(32-11-15-36-16-12-32)21-4-6-22(7-5-21)33-18-25(29-31-33)26-23-17-20(3-8-24(23)28-30-26)2-1-19-9-13-35-14-10-19/h3-8,17-19H,1-2,9-16H2,(H,28,30). The van der Waals surface area contributed by atoms with E-state index in [4.69, 9.17) is 9.47 Å². The molecule has 0 bridgehead atoms. The molecule has 2 aromatic carbocycles. The largest absolute Gasteiger partial charge is 0.381 e. The van der Waals surface area contributed by atoms with E-state index in [2.05, 4.69) is 38.7 Å². The van der Waals surface area contributed by atoms with Crippen LogP contribution < -0.4 is 0 Å². The molecule has 36 heavy (non-hydrogen) atoms. The number of hydrogen-bond donors (Lipinski definition) is 1. The predicted molar refractivity (Wildman–Crippen MR) is 135 cm³/mol. The summed E-state index contributed by atoms with van der Waals surface area (Å²) >= 11 is 0. The fourth-order valence-corrected chi connectivity index (χ4v) is 5.02. The highest BCUT2D eigenvalue weighted by Crippen LogP contribution is 2.28. The van der Waals surface area contributed by atoms with Gasteiger partial charge in [0.1, 0.15) is 11.4 Å². The Hall–Kier alpha value is -3.56. The second-order valence-corrected chi connectivity index (χ2v) is 9.55. The third kappa shape index (κ3) is 4.76. The van der Waals surface area contributed by atoms with Gasteiger partial charge in [-0.3, -0.25) is 9.89 Å². The van der Waals surface area contributed by atoms with Crippen LogP contribution >= 0.6 is 0 Å². The van der Waals surface area contributed by atoms with Crippen molar-refractivity contribution in [2.75, 3.05) is 39.5 Å². The van der Waals surface area contributed by atoms with Crippen LogP contribution in [-0.4, -0.2) is 75.5 Å². The summed E-state index contributed by atoms with van der Waals surface area (Å²) < 4.78 is 12.5. The third-order valence-corrected chi connectivity index (χ3v) is 7.22. The number of morpholine rings is 1. The molecule has 2 saturated heterocycles. The lowest BCUT2D eigenvalue weighted by molar-refractivity contribution is 0.0303. The molecule has 186 valence electrons. The van der Waals surface area contributed by atoms with Crippen molar-refractivity contribution in [2.24, 2.45) is 5.92 Å². The molecule has 4 aromatic rings. The summed E-state index contributed by atoms with van der Waals surface area (Å²) in [6.45, 7) is 4.20. The number of carbonyl (C=O) groups excluding carboxylic acids is 1. The Bertz CT molecular complexity index is 1330. The highest BCUT2D eigenvalue weighted by atomic mass is 16.5. The Balaban J connectivity index is 1.18. The average molecular weight is 487 g/mol. The van der Waals surface area contributed by atoms with Crippen molar-refractivity contribution in [3.05, 3.63) is 59.8 Å². The predicted octanol–water partition coefficient (Wildman–Crippen LogP) is 3.64. The number of nitrogens with one attached hydrogen (secondary N) is 1. The number of aromatic nitrogens is 5. The van der Waals surface area contributed by atoms with E-state index >= 15 is 0 Å². The zero-order chi connectivity index (χ0) is 24.3. The van der Waals surface area contributed by atoms with Crippen LogP contribution in [0, 0.1) is 5.92 Å². The van der Waals surface area contributed by atoms with E-state index in [-0.39, 0.29) is 5.91 Å². The van der Waals surface area contributed by atoms with Crippen LogP contribution in [0.1, 0.15) is 35.2 Å². The third-order valence-electron chi connectivity index (χ3n) is 7.22. The van der Waals surface area contributed by atoms with E-state index < -0.39 is 0 Å². The topological polar surface area (TPSA) is 98.2 Å². The number of aryl methyl sites for hydroxylation is 1. The lowest BCUT2D eigenvalue weighted by atomic mass is 9.92. The van der Waals surface area contributed by atoms with Gasteiger partial charge in [-0.2, -0.15) is 5.10 Å². The fourth-order valence-electron chi connectivity index (χ4n) is 5.02. The van der Waals surface area contributed by atoms with Gasteiger partial charge in [0.2, 0.25) is 0 Å². The van der Waals surface area contributed by atoms with Crippen molar-refractivity contribution in [1.82, 2.24) is 30.1 Å². The lowest BCUT2D eigenvalue weighted by Crippen LogP contribution is -2.40. The maximum atomic E-state index is 12.7. The van der Waals surface area contributed by atoms with Gasteiger partial charge in [-0.05, 0) is 73.6 Å². The number of carbonyl (C=O) groups is 1. The normalized spacial score (nSPS) is 17.1. The Labute approximate surface area is 209 Å². The monoisotopic (exact) mass is 486 g/mol. The number of benzene rings is 2. The van der Waals surface area contributed by atoms with Crippen LogP contribution in [0.5, 0.6) is 0 Å². The number of amides is 1. The molecule has 1 amide bonds. The second-order valence-electron chi connectivity index (χ2n) is 9.55. The summed E-state index contributed by atoms with van der Waals surface area (Å²) in [5, 5.41) is 17.4. The maximum absolute atomic E-state index is 12.7. The number of H-pyrrole nitrogens is 1. The number of aromatic amines is 1. The summed E-state index contributed by atoms with van der Waals surface area (Å²) in [5.41, 5.74) is 5.29. The molecule has 2 aromatic heterocycles. The Morgan fingerprint density at radius 1 is 1.00 bits per heavy atom. The van der Waals surface area contributed by atoms with Gasteiger partial charge < -0.3 is 14.4 Å². The molecule has 0 aliphatic carbocycles. The van der Waals surface area contributed by atoms with Gasteiger partial charge in [0.15, 0.2) is 0 Å². The summed E-state index contributed by atoms with van der Waals surface area (Å²) in [4.78, 5) is 14.5. The van der Waals surface area contributed by atoms with Crippen LogP contribution in [0.3, 0.4) is 0 Å². The number of ether oxygens (including phenoxy) is 2. The van der Waals surface area contributed by atoms with E-state index in [1.165, 1.54) is 12.0 Å². The molecule has 0 spiro atoms. The fraction of sp³-hybridized carbons (Fsp3) is 0.407. The molecule has 9 nitrogen and oxygen atoms in total. The van der Waals surface area contributed by atoms with Gasteiger partial charge in [-0.1, -0.05) is 11.3 Å². The highest BCUT2D eigenvalue weighted by molar-refractivity contribution is 5.94. The van der Waals surface area contributed by atoms with E-state index in [1.54, 1.807) is 4.68 Å². The molecule has 2 aliphatic rings.